The maximum absolute atomic E-state index is 13.8. The van der Waals surface area contributed by atoms with Crippen molar-refractivity contribution in [1.82, 2.24) is 4.90 Å². The molecular weight excluding hydrogens is 445 g/mol. The minimum absolute atomic E-state index is 0.00988. The molecule has 1 aliphatic rings. The van der Waals surface area contributed by atoms with Gasteiger partial charge in [0.15, 0.2) is 11.5 Å². The fourth-order valence-corrected chi connectivity index (χ4v) is 4.45. The lowest BCUT2D eigenvalue weighted by atomic mass is 10.1. The zero-order valence-corrected chi connectivity index (χ0v) is 19.2. The minimum atomic E-state index is -0.354. The molecule has 2 aromatic rings. The molecular formula is C22H21ClFNO3S2. The summed E-state index contributed by atoms with van der Waals surface area (Å²) in [6.45, 7) is 4.66. The number of benzene rings is 2. The molecule has 4 nitrogen and oxygen atoms in total. The summed E-state index contributed by atoms with van der Waals surface area (Å²) < 4.78 is 25.5. The first kappa shape index (κ1) is 22.6. The molecule has 0 radical (unpaired) electrons. The number of amides is 1. The predicted octanol–water partition coefficient (Wildman–Crippen LogP) is 5.92. The molecule has 0 spiro atoms. The number of carbonyl (C=O) groups excluding carboxylic acids is 1. The van der Waals surface area contributed by atoms with Crippen LogP contribution in [0.4, 0.5) is 4.39 Å². The Morgan fingerprint density at radius 1 is 1.30 bits per heavy atom. The number of carbonyl (C=O) groups is 1. The molecule has 1 saturated heterocycles. The Morgan fingerprint density at radius 3 is 2.70 bits per heavy atom. The number of nitrogens with zero attached hydrogens (tertiary/aromatic N) is 1. The van der Waals surface area contributed by atoms with E-state index in [2.05, 4.69) is 0 Å². The van der Waals surface area contributed by atoms with Crippen molar-refractivity contribution in [3.8, 4) is 11.5 Å². The molecule has 30 heavy (non-hydrogen) atoms. The Morgan fingerprint density at radius 2 is 2.03 bits per heavy atom. The zero-order valence-electron chi connectivity index (χ0n) is 16.8. The molecule has 1 amide bonds. The highest BCUT2D eigenvalue weighted by atomic mass is 35.5. The molecule has 2 aromatic carbocycles. The third kappa shape index (κ3) is 5.14. The SMILES string of the molecule is COc1cc(/C=C2\SC(=S)N(CC(C)C)C2=O)cc(Cl)c1OCc1ccccc1F. The van der Waals surface area contributed by atoms with Crippen molar-refractivity contribution >= 4 is 51.9 Å². The van der Waals surface area contributed by atoms with E-state index >= 15 is 0 Å². The number of thioether (sulfide) groups is 1. The highest BCUT2D eigenvalue weighted by Gasteiger charge is 2.32. The van der Waals surface area contributed by atoms with Crippen LogP contribution in [0.15, 0.2) is 41.3 Å². The number of thiocarbonyl (C=S) groups is 1. The predicted molar refractivity (Wildman–Crippen MR) is 123 cm³/mol. The quantitative estimate of drug-likeness (QED) is 0.374. The number of hydrogen-bond acceptors (Lipinski definition) is 5. The van der Waals surface area contributed by atoms with Gasteiger partial charge in [0.1, 0.15) is 16.7 Å². The third-order valence-electron chi connectivity index (χ3n) is 4.30. The van der Waals surface area contributed by atoms with Crippen molar-refractivity contribution in [3.05, 3.63) is 63.3 Å². The van der Waals surface area contributed by atoms with E-state index in [1.807, 2.05) is 13.8 Å². The summed E-state index contributed by atoms with van der Waals surface area (Å²) in [4.78, 5) is 14.8. The van der Waals surface area contributed by atoms with Crippen molar-refractivity contribution in [2.45, 2.75) is 20.5 Å². The summed E-state index contributed by atoms with van der Waals surface area (Å²) >= 11 is 13.0. The molecule has 0 aromatic heterocycles. The summed E-state index contributed by atoms with van der Waals surface area (Å²) in [5.41, 5.74) is 1.09. The van der Waals surface area contributed by atoms with E-state index < -0.39 is 0 Å². The molecule has 0 saturated carbocycles. The molecule has 0 atom stereocenters. The van der Waals surface area contributed by atoms with Crippen LogP contribution < -0.4 is 9.47 Å². The molecule has 1 fully saturated rings. The fraction of sp³-hybridized carbons (Fsp3) is 0.273. The smallest absolute Gasteiger partial charge is 0.266 e. The fourth-order valence-electron chi connectivity index (χ4n) is 2.90. The first-order chi connectivity index (χ1) is 14.3. The van der Waals surface area contributed by atoms with Gasteiger partial charge < -0.3 is 9.47 Å². The summed E-state index contributed by atoms with van der Waals surface area (Å²) in [6.07, 6.45) is 1.73. The van der Waals surface area contributed by atoms with E-state index in [0.29, 0.717) is 49.3 Å². The van der Waals surface area contributed by atoms with Gasteiger partial charge in [0.05, 0.1) is 17.0 Å². The Labute approximate surface area is 190 Å². The lowest BCUT2D eigenvalue weighted by Gasteiger charge is -2.16. The Balaban J connectivity index is 1.83. The molecule has 0 N–H and O–H groups in total. The van der Waals surface area contributed by atoms with Gasteiger partial charge in [-0.15, -0.1) is 0 Å². The second kappa shape index (κ2) is 9.81. The van der Waals surface area contributed by atoms with Crippen LogP contribution in [0.1, 0.15) is 25.0 Å². The first-order valence-corrected chi connectivity index (χ1v) is 10.9. The van der Waals surface area contributed by atoms with Gasteiger partial charge in [0, 0.05) is 12.1 Å². The third-order valence-corrected chi connectivity index (χ3v) is 5.96. The summed E-state index contributed by atoms with van der Waals surface area (Å²) in [6, 6.07) is 9.76. The minimum Gasteiger partial charge on any atom is -0.493 e. The van der Waals surface area contributed by atoms with E-state index in [4.69, 9.17) is 33.3 Å². The van der Waals surface area contributed by atoms with Gasteiger partial charge in [-0.2, -0.15) is 0 Å². The molecule has 158 valence electrons. The van der Waals surface area contributed by atoms with Crippen molar-refractivity contribution in [2.75, 3.05) is 13.7 Å². The molecule has 8 heteroatoms. The summed E-state index contributed by atoms with van der Waals surface area (Å²) in [5, 5.41) is 0.301. The van der Waals surface area contributed by atoms with Crippen molar-refractivity contribution in [2.24, 2.45) is 5.92 Å². The van der Waals surface area contributed by atoms with E-state index in [1.54, 1.807) is 41.3 Å². The molecule has 0 bridgehead atoms. The average Bonchev–Trinajstić information content (AvgIpc) is 2.95. The van der Waals surface area contributed by atoms with Gasteiger partial charge in [-0.3, -0.25) is 9.69 Å². The van der Waals surface area contributed by atoms with Gasteiger partial charge in [0.2, 0.25) is 0 Å². The van der Waals surface area contributed by atoms with Crippen LogP contribution in [0.3, 0.4) is 0 Å². The lowest BCUT2D eigenvalue weighted by molar-refractivity contribution is -0.122. The van der Waals surface area contributed by atoms with Crippen LogP contribution in [-0.4, -0.2) is 28.8 Å². The molecule has 1 heterocycles. The Kier molecular flexibility index (Phi) is 7.39. The Bertz CT molecular complexity index is 1010. The number of hydrogen-bond donors (Lipinski definition) is 0. The van der Waals surface area contributed by atoms with E-state index in [-0.39, 0.29) is 18.3 Å². The molecule has 0 unspecified atom stereocenters. The van der Waals surface area contributed by atoms with E-state index in [0.717, 1.165) is 0 Å². The van der Waals surface area contributed by atoms with Gasteiger partial charge in [-0.05, 0) is 35.8 Å². The van der Waals surface area contributed by atoms with Gasteiger partial charge >= 0.3 is 0 Å². The standard InChI is InChI=1S/C22H21ClFNO3S2/c1-13(2)11-25-21(26)19(30-22(25)29)10-14-8-16(23)20(18(9-14)27-3)28-12-15-6-4-5-7-17(15)24/h4-10,13H,11-12H2,1-3H3/b19-10-. The normalized spacial score (nSPS) is 15.4. The number of methoxy groups -OCH3 is 1. The summed E-state index contributed by atoms with van der Waals surface area (Å²) in [7, 11) is 1.49. The number of halogens is 2. The molecule has 3 rings (SSSR count). The topological polar surface area (TPSA) is 38.8 Å². The second-order valence-corrected chi connectivity index (χ2v) is 9.18. The number of rotatable bonds is 7. The van der Waals surface area contributed by atoms with Crippen LogP contribution in [0.5, 0.6) is 11.5 Å². The monoisotopic (exact) mass is 465 g/mol. The van der Waals surface area contributed by atoms with Crippen LogP contribution in [-0.2, 0) is 11.4 Å². The van der Waals surface area contributed by atoms with Crippen molar-refractivity contribution in [3.63, 3.8) is 0 Å². The average molecular weight is 466 g/mol. The zero-order chi connectivity index (χ0) is 21.8. The van der Waals surface area contributed by atoms with E-state index in [1.165, 1.54) is 24.9 Å². The highest BCUT2D eigenvalue weighted by molar-refractivity contribution is 8.26. The maximum atomic E-state index is 13.8. The van der Waals surface area contributed by atoms with Crippen LogP contribution in [0.2, 0.25) is 5.02 Å². The lowest BCUT2D eigenvalue weighted by Crippen LogP contribution is -2.31. The maximum Gasteiger partial charge on any atom is 0.266 e. The van der Waals surface area contributed by atoms with Crippen LogP contribution in [0, 0.1) is 11.7 Å². The largest absolute Gasteiger partial charge is 0.493 e. The van der Waals surface area contributed by atoms with Gasteiger partial charge in [0.25, 0.3) is 5.91 Å². The van der Waals surface area contributed by atoms with Crippen molar-refractivity contribution < 1.29 is 18.7 Å². The van der Waals surface area contributed by atoms with Crippen LogP contribution >= 0.6 is 35.6 Å². The van der Waals surface area contributed by atoms with Gasteiger partial charge in [-0.1, -0.05) is 67.6 Å². The van der Waals surface area contributed by atoms with Crippen LogP contribution in [0.25, 0.3) is 6.08 Å². The Hall–Kier alpha value is -2.09. The second-order valence-electron chi connectivity index (χ2n) is 7.10. The van der Waals surface area contributed by atoms with E-state index in [9.17, 15) is 9.18 Å². The van der Waals surface area contributed by atoms with Gasteiger partial charge in [-0.25, -0.2) is 4.39 Å². The molecule has 1 aliphatic heterocycles. The summed E-state index contributed by atoms with van der Waals surface area (Å²) in [5.74, 6) is 0.545. The first-order valence-electron chi connectivity index (χ1n) is 9.29. The highest BCUT2D eigenvalue weighted by Crippen LogP contribution is 2.39. The number of ether oxygens (including phenoxy) is 2. The molecule has 0 aliphatic carbocycles. The van der Waals surface area contributed by atoms with Crippen molar-refractivity contribution in [1.29, 1.82) is 0 Å².